The normalized spacial score (nSPS) is 11.3. The van der Waals surface area contributed by atoms with Gasteiger partial charge in [0, 0.05) is 0 Å². The lowest BCUT2D eigenvalue weighted by molar-refractivity contribution is 0.356. The minimum atomic E-state index is 0.140. The molecular weight excluding hydrogens is 286 g/mol. The van der Waals surface area contributed by atoms with Gasteiger partial charge in [-0.2, -0.15) is 5.10 Å². The number of thiocarbonyl (C=S) groups is 1. The Labute approximate surface area is 128 Å². The van der Waals surface area contributed by atoms with Gasteiger partial charge in [0.1, 0.15) is 0 Å². The molecule has 0 fully saturated rings. The van der Waals surface area contributed by atoms with Crippen LogP contribution in [0.5, 0.6) is 11.5 Å². The Hall–Kier alpha value is -2.34. The second kappa shape index (κ2) is 6.41. The van der Waals surface area contributed by atoms with Gasteiger partial charge in [0.2, 0.25) is 0 Å². The van der Waals surface area contributed by atoms with Crippen LogP contribution in [0.1, 0.15) is 12.5 Å². The summed E-state index contributed by atoms with van der Waals surface area (Å²) in [5.41, 5.74) is 9.71. The molecule has 0 saturated heterocycles. The molecule has 0 heterocycles. The Bertz CT molecular complexity index is 713. The lowest BCUT2D eigenvalue weighted by Gasteiger charge is -2.10. The lowest BCUT2D eigenvalue weighted by atomic mass is 10.0. The molecule has 5 nitrogen and oxygen atoms in total. The van der Waals surface area contributed by atoms with Gasteiger partial charge in [-0.05, 0) is 53.7 Å². The molecule has 2 aromatic carbocycles. The molecule has 0 aliphatic rings. The summed E-state index contributed by atoms with van der Waals surface area (Å²) < 4.78 is 10.6. The van der Waals surface area contributed by atoms with Crippen molar-refractivity contribution < 1.29 is 9.47 Å². The van der Waals surface area contributed by atoms with Gasteiger partial charge in [-0.25, -0.2) is 0 Å². The average molecular weight is 303 g/mol. The van der Waals surface area contributed by atoms with Gasteiger partial charge in [0.05, 0.1) is 19.9 Å². The van der Waals surface area contributed by atoms with Gasteiger partial charge < -0.3 is 15.2 Å². The van der Waals surface area contributed by atoms with Crippen molar-refractivity contribution in [3.8, 4) is 11.5 Å². The molecule has 110 valence electrons. The van der Waals surface area contributed by atoms with Crippen LogP contribution in [0.2, 0.25) is 0 Å². The largest absolute Gasteiger partial charge is 0.493 e. The highest BCUT2D eigenvalue weighted by Gasteiger charge is 2.07. The summed E-state index contributed by atoms with van der Waals surface area (Å²) in [7, 11) is 3.24. The molecule has 6 heteroatoms. The third-order valence-corrected chi connectivity index (χ3v) is 3.19. The number of benzene rings is 2. The highest BCUT2D eigenvalue weighted by Crippen LogP contribution is 2.32. The summed E-state index contributed by atoms with van der Waals surface area (Å²) in [6.07, 6.45) is 0. The number of hydrogen-bond donors (Lipinski definition) is 2. The summed E-state index contributed by atoms with van der Waals surface area (Å²) in [5, 5.41) is 6.36. The molecule has 0 radical (unpaired) electrons. The van der Waals surface area contributed by atoms with E-state index in [1.807, 2.05) is 37.3 Å². The van der Waals surface area contributed by atoms with Crippen molar-refractivity contribution in [2.24, 2.45) is 10.8 Å². The van der Waals surface area contributed by atoms with Crippen molar-refractivity contribution in [3.63, 3.8) is 0 Å². The minimum absolute atomic E-state index is 0.140. The molecule has 0 aliphatic carbocycles. The first-order valence-electron chi connectivity index (χ1n) is 6.31. The molecular formula is C15H17N3O2S. The van der Waals surface area contributed by atoms with Crippen LogP contribution in [0.25, 0.3) is 10.8 Å². The number of methoxy groups -OCH3 is 2. The maximum Gasteiger partial charge on any atom is 0.184 e. The minimum Gasteiger partial charge on any atom is -0.493 e. The second-order valence-corrected chi connectivity index (χ2v) is 4.88. The summed E-state index contributed by atoms with van der Waals surface area (Å²) in [6, 6.07) is 9.89. The number of nitrogens with one attached hydrogen (secondary N) is 1. The molecule has 0 unspecified atom stereocenters. The van der Waals surface area contributed by atoms with Gasteiger partial charge in [0.15, 0.2) is 16.6 Å². The van der Waals surface area contributed by atoms with E-state index in [-0.39, 0.29) is 5.11 Å². The third-order valence-electron chi connectivity index (χ3n) is 3.09. The molecule has 0 saturated carbocycles. The molecule has 2 aromatic rings. The molecule has 0 amide bonds. The van der Waals surface area contributed by atoms with E-state index in [0.717, 1.165) is 22.0 Å². The smallest absolute Gasteiger partial charge is 0.184 e. The van der Waals surface area contributed by atoms with Crippen LogP contribution >= 0.6 is 12.2 Å². The second-order valence-electron chi connectivity index (χ2n) is 4.44. The SMILES string of the molecule is COc1cc2ccc(/C(C)=N\NC(N)=S)cc2cc1OC. The lowest BCUT2D eigenvalue weighted by Crippen LogP contribution is -2.25. The molecule has 0 aromatic heterocycles. The standard InChI is InChI=1S/C15H17N3O2S/c1-9(17-18-15(16)21)10-4-5-11-7-13(19-2)14(20-3)8-12(11)6-10/h4-8H,1-3H3,(H3,16,18,21)/b17-9-. The van der Waals surface area contributed by atoms with Crippen LogP contribution < -0.4 is 20.6 Å². The van der Waals surface area contributed by atoms with Crippen LogP contribution in [0.4, 0.5) is 0 Å². The molecule has 0 atom stereocenters. The van der Waals surface area contributed by atoms with E-state index in [9.17, 15) is 0 Å². The number of nitrogens with two attached hydrogens (primary N) is 1. The monoisotopic (exact) mass is 303 g/mol. The molecule has 3 N–H and O–H groups in total. The highest BCUT2D eigenvalue weighted by atomic mass is 32.1. The van der Waals surface area contributed by atoms with Crippen molar-refractivity contribution in [2.75, 3.05) is 14.2 Å². The number of hydrogen-bond acceptors (Lipinski definition) is 4. The molecule has 0 bridgehead atoms. The first kappa shape index (κ1) is 15.1. The van der Waals surface area contributed by atoms with E-state index in [2.05, 4.69) is 10.5 Å². The van der Waals surface area contributed by atoms with Crippen molar-refractivity contribution in [1.29, 1.82) is 0 Å². The van der Waals surface area contributed by atoms with E-state index < -0.39 is 0 Å². The topological polar surface area (TPSA) is 68.9 Å². The third kappa shape index (κ3) is 3.41. The Morgan fingerprint density at radius 2 is 1.71 bits per heavy atom. The summed E-state index contributed by atoms with van der Waals surface area (Å²) in [6.45, 7) is 1.88. The Balaban J connectivity index is 2.46. The summed E-state index contributed by atoms with van der Waals surface area (Å²) in [5.74, 6) is 1.40. The fraction of sp³-hybridized carbons (Fsp3) is 0.200. The van der Waals surface area contributed by atoms with E-state index in [0.29, 0.717) is 11.5 Å². The zero-order valence-electron chi connectivity index (χ0n) is 12.1. The predicted molar refractivity (Wildman–Crippen MR) is 89.2 cm³/mol. The van der Waals surface area contributed by atoms with Crippen LogP contribution in [-0.2, 0) is 0 Å². The predicted octanol–water partition coefficient (Wildman–Crippen LogP) is 2.41. The first-order valence-corrected chi connectivity index (χ1v) is 6.72. The van der Waals surface area contributed by atoms with Crippen molar-refractivity contribution >= 4 is 33.8 Å². The summed E-state index contributed by atoms with van der Waals surface area (Å²) >= 11 is 4.73. The van der Waals surface area contributed by atoms with Crippen molar-refractivity contribution in [2.45, 2.75) is 6.92 Å². The van der Waals surface area contributed by atoms with Crippen LogP contribution in [0, 0.1) is 0 Å². The molecule has 21 heavy (non-hydrogen) atoms. The van der Waals surface area contributed by atoms with Gasteiger partial charge in [0.25, 0.3) is 0 Å². The van der Waals surface area contributed by atoms with Crippen molar-refractivity contribution in [3.05, 3.63) is 35.9 Å². The average Bonchev–Trinajstić information content (AvgIpc) is 2.50. The molecule has 0 spiro atoms. The Kier molecular flexibility index (Phi) is 4.59. The van der Waals surface area contributed by atoms with Crippen LogP contribution in [0.3, 0.4) is 0 Å². The zero-order valence-corrected chi connectivity index (χ0v) is 13.0. The number of nitrogens with zero attached hydrogens (tertiary/aromatic N) is 1. The van der Waals surface area contributed by atoms with Crippen molar-refractivity contribution in [1.82, 2.24) is 5.43 Å². The fourth-order valence-corrected chi connectivity index (χ4v) is 2.05. The molecule has 2 rings (SSSR count). The van der Waals surface area contributed by atoms with Gasteiger partial charge in [-0.1, -0.05) is 12.1 Å². The van der Waals surface area contributed by atoms with Crippen LogP contribution in [-0.4, -0.2) is 25.0 Å². The first-order chi connectivity index (χ1) is 10.0. The molecule has 0 aliphatic heterocycles. The fourth-order valence-electron chi connectivity index (χ4n) is 2.00. The maximum absolute atomic E-state index is 5.36. The number of rotatable bonds is 4. The quantitative estimate of drug-likeness (QED) is 0.516. The summed E-state index contributed by atoms with van der Waals surface area (Å²) in [4.78, 5) is 0. The Morgan fingerprint density at radius 1 is 1.10 bits per heavy atom. The number of fused-ring (bicyclic) bond motifs is 1. The zero-order chi connectivity index (χ0) is 15.4. The van der Waals surface area contributed by atoms with Gasteiger partial charge in [-0.3, -0.25) is 5.43 Å². The Morgan fingerprint density at radius 3 is 2.29 bits per heavy atom. The van der Waals surface area contributed by atoms with Gasteiger partial charge >= 0.3 is 0 Å². The van der Waals surface area contributed by atoms with E-state index in [4.69, 9.17) is 27.4 Å². The number of hydrazone groups is 1. The maximum atomic E-state index is 5.36. The van der Waals surface area contributed by atoms with Crippen LogP contribution in [0.15, 0.2) is 35.4 Å². The van der Waals surface area contributed by atoms with E-state index in [1.165, 1.54) is 0 Å². The van der Waals surface area contributed by atoms with E-state index >= 15 is 0 Å². The highest BCUT2D eigenvalue weighted by molar-refractivity contribution is 7.80. The van der Waals surface area contributed by atoms with Gasteiger partial charge in [-0.15, -0.1) is 0 Å². The van der Waals surface area contributed by atoms with E-state index in [1.54, 1.807) is 14.2 Å². The number of ether oxygens (including phenoxy) is 2.